The molecule has 0 fully saturated rings. The number of halogens is 1. The molecule has 0 radical (unpaired) electrons. The fraction of sp³-hybridized carbons (Fsp3) is 0.190. The predicted octanol–water partition coefficient (Wildman–Crippen LogP) is 4.87. The van der Waals surface area contributed by atoms with Crippen LogP contribution in [0, 0.1) is 0 Å². The van der Waals surface area contributed by atoms with Crippen LogP contribution in [0.1, 0.15) is 28.8 Å². The maximum Gasteiger partial charge on any atom is 0.270 e. The van der Waals surface area contributed by atoms with Crippen LogP contribution in [0.3, 0.4) is 0 Å². The summed E-state index contributed by atoms with van der Waals surface area (Å²) in [7, 11) is 0. The molecule has 0 saturated heterocycles. The number of nitrogens with zero attached hydrogens (tertiary/aromatic N) is 5. The molecule has 0 spiro atoms. The van der Waals surface area contributed by atoms with E-state index in [1.165, 1.54) is 23.1 Å². The maximum absolute atomic E-state index is 12.1. The maximum atomic E-state index is 12.1. The van der Waals surface area contributed by atoms with Gasteiger partial charge in [0, 0.05) is 34.9 Å². The highest BCUT2D eigenvalue weighted by molar-refractivity contribution is 7.98. The van der Waals surface area contributed by atoms with Crippen molar-refractivity contribution in [1.82, 2.24) is 30.0 Å². The molecule has 1 N–H and O–H groups in total. The van der Waals surface area contributed by atoms with Gasteiger partial charge < -0.3 is 5.32 Å². The number of nitrogens with one attached hydrogen (secondary N) is 1. The van der Waals surface area contributed by atoms with E-state index in [1.54, 1.807) is 17.8 Å². The molecular weight excluding hydrogens is 452 g/mol. The summed E-state index contributed by atoms with van der Waals surface area (Å²) in [6, 6.07) is 11.3. The number of benzene rings is 1. The summed E-state index contributed by atoms with van der Waals surface area (Å²) >= 11 is 9.19. The van der Waals surface area contributed by atoms with Crippen LogP contribution in [-0.2, 0) is 5.75 Å². The number of rotatable bonds is 8. The van der Waals surface area contributed by atoms with Crippen molar-refractivity contribution in [2.45, 2.75) is 24.3 Å². The van der Waals surface area contributed by atoms with Crippen LogP contribution >= 0.6 is 34.7 Å². The van der Waals surface area contributed by atoms with Crippen LogP contribution in [0.4, 0.5) is 0 Å². The first-order valence-corrected chi connectivity index (χ1v) is 11.9. The van der Waals surface area contributed by atoms with Crippen molar-refractivity contribution < 1.29 is 4.79 Å². The number of hydrogen-bond acceptors (Lipinski definition) is 7. The number of carbonyl (C=O) groups is 1. The molecule has 0 saturated carbocycles. The minimum atomic E-state index is -0.143. The SMILES string of the molecule is CCCNC(=O)c1csc(CSc2nnc(-c3cccnc3)n2-c2cccc(Cl)c2)n1. The zero-order chi connectivity index (χ0) is 21.6. The molecule has 1 amide bonds. The molecule has 0 bridgehead atoms. The Labute approximate surface area is 192 Å². The summed E-state index contributed by atoms with van der Waals surface area (Å²) in [4.78, 5) is 20.8. The van der Waals surface area contributed by atoms with Gasteiger partial charge in [-0.1, -0.05) is 36.4 Å². The van der Waals surface area contributed by atoms with Crippen molar-refractivity contribution in [1.29, 1.82) is 0 Å². The van der Waals surface area contributed by atoms with Gasteiger partial charge in [-0.05, 0) is 36.8 Å². The van der Waals surface area contributed by atoms with Gasteiger partial charge in [-0.3, -0.25) is 14.3 Å². The molecule has 3 aromatic heterocycles. The highest BCUT2D eigenvalue weighted by Gasteiger charge is 2.18. The highest BCUT2D eigenvalue weighted by atomic mass is 35.5. The van der Waals surface area contributed by atoms with Crippen molar-refractivity contribution in [3.8, 4) is 17.1 Å². The largest absolute Gasteiger partial charge is 0.351 e. The number of pyridine rings is 1. The number of hydrogen-bond donors (Lipinski definition) is 1. The van der Waals surface area contributed by atoms with E-state index in [0.717, 1.165) is 22.7 Å². The van der Waals surface area contributed by atoms with E-state index in [0.29, 0.717) is 34.0 Å². The Kier molecular flexibility index (Phi) is 6.96. The zero-order valence-electron chi connectivity index (χ0n) is 16.7. The van der Waals surface area contributed by atoms with E-state index in [2.05, 4.69) is 25.5 Å². The first-order chi connectivity index (χ1) is 15.2. The third kappa shape index (κ3) is 5.12. The number of amides is 1. The number of thiazole rings is 1. The van der Waals surface area contributed by atoms with Gasteiger partial charge in [0.2, 0.25) is 0 Å². The molecule has 31 heavy (non-hydrogen) atoms. The van der Waals surface area contributed by atoms with Crippen LogP contribution in [0.15, 0.2) is 59.3 Å². The van der Waals surface area contributed by atoms with Crippen molar-refractivity contribution in [3.05, 3.63) is 69.9 Å². The average molecular weight is 471 g/mol. The molecule has 158 valence electrons. The Morgan fingerprint density at radius 2 is 2.16 bits per heavy atom. The molecule has 0 unspecified atom stereocenters. The quantitative estimate of drug-likeness (QED) is 0.370. The number of carbonyl (C=O) groups excluding carboxylic acids is 1. The van der Waals surface area contributed by atoms with E-state index in [-0.39, 0.29) is 5.91 Å². The zero-order valence-corrected chi connectivity index (χ0v) is 19.0. The molecular formula is C21H19ClN6OS2. The summed E-state index contributed by atoms with van der Waals surface area (Å²) < 4.78 is 1.95. The average Bonchev–Trinajstić information content (AvgIpc) is 3.44. The molecule has 10 heteroatoms. The van der Waals surface area contributed by atoms with Crippen LogP contribution in [0.2, 0.25) is 5.02 Å². The van der Waals surface area contributed by atoms with E-state index in [1.807, 2.05) is 47.9 Å². The van der Waals surface area contributed by atoms with Gasteiger partial charge >= 0.3 is 0 Å². The van der Waals surface area contributed by atoms with Crippen molar-refractivity contribution >= 4 is 40.6 Å². The molecule has 7 nitrogen and oxygen atoms in total. The van der Waals surface area contributed by atoms with Crippen LogP contribution in [0.25, 0.3) is 17.1 Å². The predicted molar refractivity (Wildman–Crippen MR) is 124 cm³/mol. The topological polar surface area (TPSA) is 85.6 Å². The smallest absolute Gasteiger partial charge is 0.270 e. The summed E-state index contributed by atoms with van der Waals surface area (Å²) in [6.07, 6.45) is 4.36. The lowest BCUT2D eigenvalue weighted by atomic mass is 10.2. The Bertz CT molecular complexity index is 1180. The second-order valence-corrected chi connectivity index (χ2v) is 8.86. The van der Waals surface area contributed by atoms with Crippen LogP contribution in [0.5, 0.6) is 0 Å². The second kappa shape index (κ2) is 10.0. The lowest BCUT2D eigenvalue weighted by Crippen LogP contribution is -2.24. The van der Waals surface area contributed by atoms with E-state index < -0.39 is 0 Å². The second-order valence-electron chi connectivity index (χ2n) is 6.53. The van der Waals surface area contributed by atoms with E-state index in [4.69, 9.17) is 11.6 Å². The molecule has 0 aliphatic carbocycles. The fourth-order valence-corrected chi connectivity index (χ4v) is 4.76. The van der Waals surface area contributed by atoms with Crippen molar-refractivity contribution in [3.63, 3.8) is 0 Å². The summed E-state index contributed by atoms with van der Waals surface area (Å²) in [5.74, 6) is 1.10. The van der Waals surface area contributed by atoms with Gasteiger partial charge in [0.15, 0.2) is 11.0 Å². The van der Waals surface area contributed by atoms with Gasteiger partial charge in [-0.25, -0.2) is 4.98 Å². The van der Waals surface area contributed by atoms with Crippen molar-refractivity contribution in [2.75, 3.05) is 6.54 Å². The van der Waals surface area contributed by atoms with Gasteiger partial charge in [-0.2, -0.15) is 0 Å². The number of aromatic nitrogens is 5. The number of thioether (sulfide) groups is 1. The molecule has 0 atom stereocenters. The Morgan fingerprint density at radius 1 is 1.26 bits per heavy atom. The monoisotopic (exact) mass is 470 g/mol. The Balaban J connectivity index is 1.60. The van der Waals surface area contributed by atoms with Crippen molar-refractivity contribution in [2.24, 2.45) is 0 Å². The fourth-order valence-electron chi connectivity index (χ4n) is 2.83. The normalized spacial score (nSPS) is 10.9. The molecule has 3 heterocycles. The van der Waals surface area contributed by atoms with Gasteiger partial charge in [0.05, 0.1) is 11.4 Å². The molecule has 1 aromatic carbocycles. The first-order valence-electron chi connectivity index (χ1n) is 9.63. The summed E-state index contributed by atoms with van der Waals surface area (Å²) in [5.41, 5.74) is 2.16. The summed E-state index contributed by atoms with van der Waals surface area (Å²) in [5, 5.41) is 15.6. The lowest BCUT2D eigenvalue weighted by molar-refractivity contribution is 0.0949. The lowest BCUT2D eigenvalue weighted by Gasteiger charge is -2.10. The Hall–Kier alpha value is -2.75. The van der Waals surface area contributed by atoms with Crippen LogP contribution < -0.4 is 5.32 Å². The summed E-state index contributed by atoms with van der Waals surface area (Å²) in [6.45, 7) is 2.65. The minimum absolute atomic E-state index is 0.143. The highest BCUT2D eigenvalue weighted by Crippen LogP contribution is 2.31. The molecule has 0 aliphatic rings. The van der Waals surface area contributed by atoms with Gasteiger partial charge in [-0.15, -0.1) is 21.5 Å². The van der Waals surface area contributed by atoms with Crippen LogP contribution in [-0.4, -0.2) is 37.2 Å². The molecule has 4 aromatic rings. The van der Waals surface area contributed by atoms with E-state index >= 15 is 0 Å². The van der Waals surface area contributed by atoms with Gasteiger partial charge in [0.25, 0.3) is 5.91 Å². The third-order valence-electron chi connectivity index (χ3n) is 4.26. The minimum Gasteiger partial charge on any atom is -0.351 e. The third-order valence-corrected chi connectivity index (χ3v) is 6.47. The van der Waals surface area contributed by atoms with Gasteiger partial charge in [0.1, 0.15) is 10.7 Å². The molecule has 4 rings (SSSR count). The first kappa shape index (κ1) is 21.5. The molecule has 0 aliphatic heterocycles. The standard InChI is InChI=1S/C21H19ClN6OS2/c1-2-8-24-20(29)17-12-30-18(25-17)13-31-21-27-26-19(14-5-4-9-23-11-14)28(21)16-7-3-6-15(22)10-16/h3-7,9-12H,2,8,13H2,1H3,(H,24,29). The Morgan fingerprint density at radius 3 is 2.94 bits per heavy atom. The van der Waals surface area contributed by atoms with E-state index in [9.17, 15) is 4.79 Å².